The van der Waals surface area contributed by atoms with Crippen LogP contribution in [0.3, 0.4) is 0 Å². The Morgan fingerprint density at radius 1 is 1.39 bits per heavy atom. The number of rotatable bonds is 4. The van der Waals surface area contributed by atoms with Gasteiger partial charge in [0.05, 0.1) is 0 Å². The average Bonchev–Trinajstić information content (AvgIpc) is 2.98. The minimum atomic E-state index is -0.806. The van der Waals surface area contributed by atoms with Crippen LogP contribution in [0.4, 0.5) is 4.39 Å². The molecule has 1 unspecified atom stereocenters. The van der Waals surface area contributed by atoms with E-state index in [-0.39, 0.29) is 24.1 Å². The summed E-state index contributed by atoms with van der Waals surface area (Å²) < 4.78 is 13.7. The summed E-state index contributed by atoms with van der Waals surface area (Å²) in [6.45, 7) is 1.21. The Morgan fingerprint density at radius 2 is 2.22 bits per heavy atom. The molecular formula is C17H19FN2O3. The van der Waals surface area contributed by atoms with Gasteiger partial charge in [-0.2, -0.15) is 0 Å². The Morgan fingerprint density at radius 3 is 2.96 bits per heavy atom. The second-order valence-corrected chi connectivity index (χ2v) is 6.08. The zero-order valence-electron chi connectivity index (χ0n) is 12.7. The van der Waals surface area contributed by atoms with Crippen LogP contribution in [0.15, 0.2) is 24.3 Å². The smallest absolute Gasteiger partial charge is 0.303 e. The van der Waals surface area contributed by atoms with Gasteiger partial charge in [-0.15, -0.1) is 0 Å². The van der Waals surface area contributed by atoms with Crippen molar-refractivity contribution in [1.29, 1.82) is 0 Å². The van der Waals surface area contributed by atoms with Crippen molar-refractivity contribution in [1.82, 2.24) is 9.88 Å². The zero-order chi connectivity index (χ0) is 16.4. The van der Waals surface area contributed by atoms with Gasteiger partial charge in [-0.1, -0.05) is 6.07 Å². The summed E-state index contributed by atoms with van der Waals surface area (Å²) >= 11 is 0. The number of fused-ring (bicyclic) bond motifs is 1. The molecule has 1 atom stereocenters. The van der Waals surface area contributed by atoms with Gasteiger partial charge in [0.25, 0.3) is 5.91 Å². The van der Waals surface area contributed by atoms with Crippen molar-refractivity contribution >= 4 is 22.8 Å². The Hall–Kier alpha value is -2.37. The van der Waals surface area contributed by atoms with Crippen molar-refractivity contribution < 1.29 is 19.1 Å². The lowest BCUT2D eigenvalue weighted by Gasteiger charge is -2.32. The van der Waals surface area contributed by atoms with Gasteiger partial charge in [0.1, 0.15) is 11.5 Å². The number of carbonyl (C=O) groups is 2. The van der Waals surface area contributed by atoms with Crippen molar-refractivity contribution in [3.8, 4) is 0 Å². The van der Waals surface area contributed by atoms with Gasteiger partial charge in [-0.3, -0.25) is 9.59 Å². The fourth-order valence-corrected chi connectivity index (χ4v) is 3.22. The number of nitrogens with zero attached hydrogens (tertiary/aromatic N) is 1. The molecular weight excluding hydrogens is 299 g/mol. The van der Waals surface area contributed by atoms with Crippen LogP contribution in [0, 0.1) is 11.7 Å². The monoisotopic (exact) mass is 318 g/mol. The number of carboxylic acid groups (broad SMARTS) is 1. The topological polar surface area (TPSA) is 73.4 Å². The van der Waals surface area contributed by atoms with E-state index in [0.29, 0.717) is 36.1 Å². The molecule has 5 nitrogen and oxygen atoms in total. The van der Waals surface area contributed by atoms with E-state index in [0.717, 1.165) is 12.8 Å². The van der Waals surface area contributed by atoms with Gasteiger partial charge in [0.15, 0.2) is 0 Å². The molecule has 1 aromatic heterocycles. The first kappa shape index (κ1) is 15.5. The molecule has 0 aliphatic carbocycles. The summed E-state index contributed by atoms with van der Waals surface area (Å²) in [4.78, 5) is 28.0. The van der Waals surface area contributed by atoms with Crippen LogP contribution in [0.1, 0.15) is 36.2 Å². The molecule has 1 aliphatic rings. The van der Waals surface area contributed by atoms with Crippen LogP contribution in [-0.4, -0.2) is 40.0 Å². The van der Waals surface area contributed by atoms with Crippen LogP contribution >= 0.6 is 0 Å². The molecule has 1 aromatic carbocycles. The minimum Gasteiger partial charge on any atom is -0.481 e. The number of aromatic amines is 1. The van der Waals surface area contributed by atoms with E-state index in [2.05, 4.69) is 4.98 Å². The number of nitrogens with one attached hydrogen (secondary N) is 1. The van der Waals surface area contributed by atoms with E-state index in [1.54, 1.807) is 23.1 Å². The number of benzene rings is 1. The molecule has 6 heteroatoms. The van der Waals surface area contributed by atoms with Crippen molar-refractivity contribution in [2.45, 2.75) is 25.7 Å². The van der Waals surface area contributed by atoms with E-state index >= 15 is 0 Å². The summed E-state index contributed by atoms with van der Waals surface area (Å²) in [7, 11) is 0. The van der Waals surface area contributed by atoms with Gasteiger partial charge < -0.3 is 15.0 Å². The minimum absolute atomic E-state index is 0.129. The maximum absolute atomic E-state index is 13.7. The summed E-state index contributed by atoms with van der Waals surface area (Å²) in [5.41, 5.74) is 0.983. The first-order chi connectivity index (χ1) is 11.0. The first-order valence-corrected chi connectivity index (χ1v) is 7.83. The Kier molecular flexibility index (Phi) is 4.32. The van der Waals surface area contributed by atoms with Gasteiger partial charge in [0.2, 0.25) is 0 Å². The molecule has 2 N–H and O–H groups in total. The molecule has 1 amide bonds. The summed E-state index contributed by atoms with van der Waals surface area (Å²) in [6, 6.07) is 6.26. The Labute approximate surface area is 133 Å². The third-order valence-corrected chi connectivity index (χ3v) is 4.41. The molecule has 1 aliphatic heterocycles. The maximum atomic E-state index is 13.7. The van der Waals surface area contributed by atoms with Crippen LogP contribution < -0.4 is 0 Å². The van der Waals surface area contributed by atoms with Crippen LogP contribution in [-0.2, 0) is 4.79 Å². The molecule has 0 saturated carbocycles. The van der Waals surface area contributed by atoms with Gasteiger partial charge in [-0.25, -0.2) is 4.39 Å². The molecule has 23 heavy (non-hydrogen) atoms. The van der Waals surface area contributed by atoms with Gasteiger partial charge in [-0.05, 0) is 43.4 Å². The van der Waals surface area contributed by atoms with E-state index in [9.17, 15) is 14.0 Å². The third kappa shape index (κ3) is 3.36. The quantitative estimate of drug-likeness (QED) is 0.910. The fraction of sp³-hybridized carbons (Fsp3) is 0.412. The zero-order valence-corrected chi connectivity index (χ0v) is 12.7. The van der Waals surface area contributed by atoms with Crippen molar-refractivity contribution in [3.05, 3.63) is 35.8 Å². The molecule has 0 bridgehead atoms. The lowest BCUT2D eigenvalue weighted by Crippen LogP contribution is -2.40. The lowest BCUT2D eigenvalue weighted by atomic mass is 9.93. The SMILES string of the molecule is O=C(O)CCC1CCCN(C(=O)c2cc3c(F)cccc3[nH]2)C1. The third-order valence-electron chi connectivity index (χ3n) is 4.41. The highest BCUT2D eigenvalue weighted by atomic mass is 19.1. The number of likely N-dealkylation sites (tertiary alicyclic amines) is 1. The second kappa shape index (κ2) is 6.40. The van der Waals surface area contributed by atoms with E-state index in [4.69, 9.17) is 5.11 Å². The molecule has 122 valence electrons. The fourth-order valence-electron chi connectivity index (χ4n) is 3.22. The molecule has 2 heterocycles. The number of piperidine rings is 1. The van der Waals surface area contributed by atoms with Crippen LogP contribution in [0.2, 0.25) is 0 Å². The van der Waals surface area contributed by atoms with Crippen LogP contribution in [0.5, 0.6) is 0 Å². The summed E-state index contributed by atoms with van der Waals surface area (Å²) in [6.07, 6.45) is 2.52. The van der Waals surface area contributed by atoms with Gasteiger partial charge >= 0.3 is 5.97 Å². The van der Waals surface area contributed by atoms with Crippen LogP contribution in [0.25, 0.3) is 10.9 Å². The van der Waals surface area contributed by atoms with Gasteiger partial charge in [0, 0.05) is 30.4 Å². The number of aliphatic carboxylic acids is 1. The lowest BCUT2D eigenvalue weighted by molar-refractivity contribution is -0.137. The molecule has 1 fully saturated rings. The number of carboxylic acids is 1. The number of hydrogen-bond donors (Lipinski definition) is 2. The Bertz CT molecular complexity index is 741. The predicted molar refractivity (Wildman–Crippen MR) is 83.8 cm³/mol. The van der Waals surface area contributed by atoms with E-state index in [1.807, 2.05) is 0 Å². The van der Waals surface area contributed by atoms with E-state index in [1.165, 1.54) is 6.07 Å². The summed E-state index contributed by atoms with van der Waals surface area (Å²) in [5, 5.41) is 9.20. The predicted octanol–water partition coefficient (Wildman–Crippen LogP) is 3.02. The summed E-state index contributed by atoms with van der Waals surface area (Å²) in [5.74, 6) is -1.10. The molecule has 2 aromatic rings. The van der Waals surface area contributed by atoms with E-state index < -0.39 is 5.97 Å². The highest BCUT2D eigenvalue weighted by molar-refractivity contribution is 5.98. The second-order valence-electron chi connectivity index (χ2n) is 6.08. The molecule has 3 rings (SSSR count). The molecule has 1 saturated heterocycles. The number of aromatic nitrogens is 1. The van der Waals surface area contributed by atoms with Crippen molar-refractivity contribution in [2.75, 3.05) is 13.1 Å². The molecule has 0 radical (unpaired) electrons. The average molecular weight is 318 g/mol. The first-order valence-electron chi connectivity index (χ1n) is 7.83. The number of hydrogen-bond acceptors (Lipinski definition) is 2. The maximum Gasteiger partial charge on any atom is 0.303 e. The van der Waals surface area contributed by atoms with Crippen molar-refractivity contribution in [2.24, 2.45) is 5.92 Å². The van der Waals surface area contributed by atoms with Crippen molar-refractivity contribution in [3.63, 3.8) is 0 Å². The number of halogens is 1. The number of H-pyrrole nitrogens is 1. The highest BCUT2D eigenvalue weighted by Gasteiger charge is 2.26. The number of carbonyl (C=O) groups excluding carboxylic acids is 1. The largest absolute Gasteiger partial charge is 0.481 e. The normalized spacial score (nSPS) is 18.3. The highest BCUT2D eigenvalue weighted by Crippen LogP contribution is 2.24. The standard InChI is InChI=1S/C17H19FN2O3/c18-13-4-1-5-14-12(13)9-15(19-14)17(23)20-8-2-3-11(10-20)6-7-16(21)22/h1,4-5,9,11,19H,2-3,6-8,10H2,(H,21,22). The molecule has 0 spiro atoms. The number of amides is 1. The Balaban J connectivity index is 1.73.